The molecule has 0 aliphatic carbocycles. The molecule has 0 saturated heterocycles. The van der Waals surface area contributed by atoms with Crippen molar-refractivity contribution >= 4 is 70.1 Å². The van der Waals surface area contributed by atoms with Gasteiger partial charge in [0.15, 0.2) is 0 Å². The third-order valence-corrected chi connectivity index (χ3v) is 6.90. The molecule has 4 rings (SSSR count). The van der Waals surface area contributed by atoms with Gasteiger partial charge in [0.2, 0.25) is 5.91 Å². The Kier molecular flexibility index (Phi) is 9.26. The van der Waals surface area contributed by atoms with E-state index in [2.05, 4.69) is 16.0 Å². The fraction of sp³-hybridized carbons (Fsp3) is 0.0357. The molecule has 192 valence electrons. The van der Waals surface area contributed by atoms with Gasteiger partial charge in [-0.3, -0.25) is 14.4 Å². The van der Waals surface area contributed by atoms with Crippen LogP contribution in [0.15, 0.2) is 106 Å². The number of furan rings is 1. The van der Waals surface area contributed by atoms with Crippen molar-refractivity contribution in [2.75, 3.05) is 16.4 Å². The smallest absolute Gasteiger partial charge is 0.272 e. The summed E-state index contributed by atoms with van der Waals surface area (Å²) < 4.78 is 5.31. The predicted octanol–water partition coefficient (Wildman–Crippen LogP) is 6.73. The van der Waals surface area contributed by atoms with Gasteiger partial charge in [-0.05, 0) is 60.7 Å². The second-order valence-electron chi connectivity index (χ2n) is 7.81. The van der Waals surface area contributed by atoms with Crippen LogP contribution in [0, 0.1) is 0 Å². The zero-order chi connectivity index (χ0) is 26.9. The first-order valence-electron chi connectivity index (χ1n) is 11.3. The zero-order valence-electron chi connectivity index (χ0n) is 19.7. The average molecular weight is 566 g/mol. The fourth-order valence-electron chi connectivity index (χ4n) is 3.23. The molecule has 0 saturated carbocycles. The minimum Gasteiger partial charge on any atom is -0.465 e. The Morgan fingerprint density at radius 1 is 0.842 bits per heavy atom. The monoisotopic (exact) mass is 565 g/mol. The third kappa shape index (κ3) is 7.52. The van der Waals surface area contributed by atoms with Crippen LogP contribution >= 0.6 is 35.0 Å². The molecule has 10 heteroatoms. The van der Waals surface area contributed by atoms with E-state index >= 15 is 0 Å². The first-order chi connectivity index (χ1) is 18.4. The normalized spacial score (nSPS) is 11.1. The van der Waals surface area contributed by atoms with E-state index in [1.165, 1.54) is 24.1 Å². The van der Waals surface area contributed by atoms with Crippen LogP contribution in [0.5, 0.6) is 0 Å². The molecule has 3 N–H and O–H groups in total. The van der Waals surface area contributed by atoms with E-state index in [-0.39, 0.29) is 22.4 Å². The molecule has 0 radical (unpaired) electrons. The molecule has 3 aromatic carbocycles. The van der Waals surface area contributed by atoms with Crippen molar-refractivity contribution < 1.29 is 18.8 Å². The minimum atomic E-state index is -0.524. The lowest BCUT2D eigenvalue weighted by atomic mass is 10.2. The maximum Gasteiger partial charge on any atom is 0.272 e. The van der Waals surface area contributed by atoms with Crippen LogP contribution in [-0.2, 0) is 9.59 Å². The van der Waals surface area contributed by atoms with Gasteiger partial charge in [0.25, 0.3) is 11.8 Å². The van der Waals surface area contributed by atoms with E-state index in [0.717, 1.165) is 4.90 Å². The van der Waals surface area contributed by atoms with E-state index in [9.17, 15) is 14.4 Å². The SMILES string of the molecule is O=C(CSc1ccc(NC(=O)/C(=C/c2ccco2)NC(=O)c2ccccc2)cc1)Nc1cccc(Cl)c1Cl. The Bertz CT molecular complexity index is 1460. The summed E-state index contributed by atoms with van der Waals surface area (Å²) >= 11 is 13.4. The van der Waals surface area contributed by atoms with E-state index in [1.54, 1.807) is 84.9 Å². The van der Waals surface area contributed by atoms with Crippen LogP contribution in [-0.4, -0.2) is 23.5 Å². The van der Waals surface area contributed by atoms with Gasteiger partial charge < -0.3 is 20.4 Å². The lowest BCUT2D eigenvalue weighted by Gasteiger charge is -2.11. The van der Waals surface area contributed by atoms with E-state index in [4.69, 9.17) is 27.6 Å². The minimum absolute atomic E-state index is 0.0172. The fourth-order valence-corrected chi connectivity index (χ4v) is 4.27. The van der Waals surface area contributed by atoms with Crippen LogP contribution in [0.25, 0.3) is 6.08 Å². The number of carbonyl (C=O) groups excluding carboxylic acids is 3. The third-order valence-electron chi connectivity index (χ3n) is 5.07. The molecular weight excluding hydrogens is 545 g/mol. The number of anilines is 2. The molecule has 1 heterocycles. The summed E-state index contributed by atoms with van der Waals surface area (Å²) in [6, 6.07) is 23.9. The second-order valence-corrected chi connectivity index (χ2v) is 9.64. The highest BCUT2D eigenvalue weighted by Crippen LogP contribution is 2.30. The molecule has 0 spiro atoms. The van der Waals surface area contributed by atoms with E-state index in [1.807, 2.05) is 0 Å². The second kappa shape index (κ2) is 13.0. The Morgan fingerprint density at radius 2 is 1.61 bits per heavy atom. The topological polar surface area (TPSA) is 100 Å². The van der Waals surface area contributed by atoms with Crippen LogP contribution in [0.2, 0.25) is 10.0 Å². The first-order valence-corrected chi connectivity index (χ1v) is 13.0. The number of benzene rings is 3. The summed E-state index contributed by atoms with van der Waals surface area (Å²) in [6.07, 6.45) is 2.92. The van der Waals surface area contributed by atoms with Crippen molar-refractivity contribution in [3.05, 3.63) is 118 Å². The maximum atomic E-state index is 13.0. The molecule has 0 atom stereocenters. The Balaban J connectivity index is 1.37. The Labute approximate surface area is 233 Å². The number of hydrogen-bond donors (Lipinski definition) is 3. The highest BCUT2D eigenvalue weighted by atomic mass is 35.5. The first kappa shape index (κ1) is 27.1. The molecule has 0 aliphatic heterocycles. The van der Waals surface area contributed by atoms with Gasteiger partial charge in [0.05, 0.1) is 27.7 Å². The number of hydrogen-bond acceptors (Lipinski definition) is 5. The van der Waals surface area contributed by atoms with Gasteiger partial charge in [-0.2, -0.15) is 0 Å². The summed E-state index contributed by atoms with van der Waals surface area (Å²) in [5.74, 6) is -0.631. The van der Waals surface area contributed by atoms with Crippen LogP contribution in [0.1, 0.15) is 16.1 Å². The van der Waals surface area contributed by atoms with Crippen molar-refractivity contribution in [2.24, 2.45) is 0 Å². The van der Waals surface area contributed by atoms with Crippen molar-refractivity contribution in [2.45, 2.75) is 4.90 Å². The molecule has 0 unspecified atom stereocenters. The van der Waals surface area contributed by atoms with Gasteiger partial charge in [-0.15, -0.1) is 11.8 Å². The summed E-state index contributed by atoms with van der Waals surface area (Å²) in [5.41, 5.74) is 1.38. The summed E-state index contributed by atoms with van der Waals surface area (Å²) in [4.78, 5) is 38.8. The highest BCUT2D eigenvalue weighted by molar-refractivity contribution is 8.00. The van der Waals surface area contributed by atoms with Crippen LogP contribution < -0.4 is 16.0 Å². The van der Waals surface area contributed by atoms with Gasteiger partial charge in [0, 0.05) is 22.2 Å². The summed E-state index contributed by atoms with van der Waals surface area (Å²) in [6.45, 7) is 0. The standard InChI is InChI=1S/C28H21Cl2N3O4S/c29-22-9-4-10-23(26(22)30)32-25(34)17-38-21-13-11-19(12-14-21)31-28(36)24(16-20-8-5-15-37-20)33-27(35)18-6-2-1-3-7-18/h1-16H,17H2,(H,31,36)(H,32,34)(H,33,35)/b24-16-. The largest absolute Gasteiger partial charge is 0.465 e. The van der Waals surface area contributed by atoms with E-state index in [0.29, 0.717) is 27.7 Å². The number of halogens is 2. The maximum absolute atomic E-state index is 13.0. The Morgan fingerprint density at radius 3 is 2.32 bits per heavy atom. The molecule has 0 aliphatic rings. The van der Waals surface area contributed by atoms with Crippen molar-refractivity contribution in [1.82, 2.24) is 5.32 Å². The number of rotatable bonds is 9. The quantitative estimate of drug-likeness (QED) is 0.154. The molecular formula is C28H21Cl2N3O4S. The van der Waals surface area contributed by atoms with Gasteiger partial charge >= 0.3 is 0 Å². The number of carbonyl (C=O) groups is 3. The van der Waals surface area contributed by atoms with Gasteiger partial charge in [0.1, 0.15) is 11.5 Å². The molecule has 0 fully saturated rings. The van der Waals surface area contributed by atoms with Crippen molar-refractivity contribution in [3.63, 3.8) is 0 Å². The summed E-state index contributed by atoms with van der Waals surface area (Å²) in [7, 11) is 0. The molecule has 1 aromatic heterocycles. The van der Waals surface area contributed by atoms with Crippen LogP contribution in [0.3, 0.4) is 0 Å². The number of thioether (sulfide) groups is 1. The molecule has 0 bridgehead atoms. The van der Waals surface area contributed by atoms with E-state index < -0.39 is 11.8 Å². The molecule has 4 aromatic rings. The molecule has 7 nitrogen and oxygen atoms in total. The lowest BCUT2D eigenvalue weighted by molar-refractivity contribution is -0.114. The van der Waals surface area contributed by atoms with Crippen LogP contribution in [0.4, 0.5) is 11.4 Å². The number of nitrogens with one attached hydrogen (secondary N) is 3. The van der Waals surface area contributed by atoms with Gasteiger partial charge in [-0.25, -0.2) is 0 Å². The van der Waals surface area contributed by atoms with Crippen molar-refractivity contribution in [1.29, 1.82) is 0 Å². The van der Waals surface area contributed by atoms with Crippen molar-refractivity contribution in [3.8, 4) is 0 Å². The van der Waals surface area contributed by atoms with Gasteiger partial charge in [-0.1, -0.05) is 47.5 Å². The molecule has 38 heavy (non-hydrogen) atoms. The number of amides is 3. The summed E-state index contributed by atoms with van der Waals surface area (Å²) in [5, 5.41) is 8.79. The predicted molar refractivity (Wildman–Crippen MR) is 151 cm³/mol. The zero-order valence-corrected chi connectivity index (χ0v) is 22.1. The Hall–Kier alpha value is -3.98. The molecule has 3 amide bonds. The highest BCUT2D eigenvalue weighted by Gasteiger charge is 2.16. The lowest BCUT2D eigenvalue weighted by Crippen LogP contribution is -2.30. The average Bonchev–Trinajstić information content (AvgIpc) is 3.44.